The van der Waals surface area contributed by atoms with Gasteiger partial charge in [0.15, 0.2) is 6.67 Å². The van der Waals surface area contributed by atoms with Crippen LogP contribution in [0.3, 0.4) is 0 Å². The van der Waals surface area contributed by atoms with Crippen molar-refractivity contribution in [3.05, 3.63) is 11.7 Å². The SMILES string of the molecule is FCC(F)(F)C(F)(F)C(F)(F)C(F)=C(F)C(F)(F)C(F)(F)C(F)(F)F. The van der Waals surface area contributed by atoms with E-state index in [1.165, 1.54) is 0 Å². The van der Waals surface area contributed by atoms with Crippen molar-refractivity contribution in [1.82, 2.24) is 0 Å². The summed E-state index contributed by atoms with van der Waals surface area (Å²) >= 11 is 0. The average molecular weight is 414 g/mol. The van der Waals surface area contributed by atoms with Crippen molar-refractivity contribution in [3.63, 3.8) is 0 Å². The molecule has 0 saturated carbocycles. The first-order valence-electron chi connectivity index (χ1n) is 5.21. The second-order valence-corrected chi connectivity index (χ2v) is 4.26. The van der Waals surface area contributed by atoms with Crippen molar-refractivity contribution in [1.29, 1.82) is 0 Å². The Labute approximate surface area is 126 Å². The molecule has 0 aliphatic heterocycles. The normalized spacial score (nSPS) is 16.8. The molecule has 0 nitrogen and oxygen atoms in total. The molecule has 0 saturated heterocycles. The molecular weight excluding hydrogens is 412 g/mol. The van der Waals surface area contributed by atoms with Crippen LogP contribution in [0.15, 0.2) is 11.7 Å². The highest BCUT2D eigenvalue weighted by atomic mass is 19.4. The molecule has 25 heavy (non-hydrogen) atoms. The van der Waals surface area contributed by atoms with Crippen LogP contribution in [0.25, 0.3) is 0 Å². The summed E-state index contributed by atoms with van der Waals surface area (Å²) in [7, 11) is 0. The molecule has 0 aromatic rings. The van der Waals surface area contributed by atoms with Gasteiger partial charge in [0.25, 0.3) is 0 Å². The highest BCUT2D eigenvalue weighted by Crippen LogP contribution is 2.55. The lowest BCUT2D eigenvalue weighted by Gasteiger charge is -2.32. The van der Waals surface area contributed by atoms with Crippen LogP contribution in [-0.2, 0) is 0 Å². The van der Waals surface area contributed by atoms with E-state index in [2.05, 4.69) is 0 Å². The lowest BCUT2D eigenvalue weighted by molar-refractivity contribution is -0.349. The summed E-state index contributed by atoms with van der Waals surface area (Å²) in [5.41, 5.74) is 0. The van der Waals surface area contributed by atoms with E-state index in [9.17, 15) is 70.2 Å². The summed E-state index contributed by atoms with van der Waals surface area (Å²) in [6, 6.07) is 0. The van der Waals surface area contributed by atoms with Crippen LogP contribution in [0, 0.1) is 0 Å². The summed E-state index contributed by atoms with van der Waals surface area (Å²) in [6.45, 7) is -3.67. The van der Waals surface area contributed by atoms with Gasteiger partial charge in [-0.3, -0.25) is 0 Å². The van der Waals surface area contributed by atoms with Crippen LogP contribution >= 0.6 is 0 Å². The summed E-state index contributed by atoms with van der Waals surface area (Å²) in [5, 5.41) is 0. The van der Waals surface area contributed by atoms with Crippen molar-refractivity contribution in [2.45, 2.75) is 35.8 Å². The molecule has 16 heteroatoms. The number of rotatable bonds is 6. The zero-order valence-corrected chi connectivity index (χ0v) is 10.8. The molecule has 0 rings (SSSR count). The largest absolute Gasteiger partial charge is 0.460 e. The fourth-order valence-corrected chi connectivity index (χ4v) is 1.04. The summed E-state index contributed by atoms with van der Waals surface area (Å²) < 4.78 is 198. The minimum atomic E-state index is -7.59. The van der Waals surface area contributed by atoms with Crippen molar-refractivity contribution in [3.8, 4) is 0 Å². The maximum Gasteiger partial charge on any atom is 0.460 e. The van der Waals surface area contributed by atoms with Crippen molar-refractivity contribution >= 4 is 0 Å². The van der Waals surface area contributed by atoms with Crippen LogP contribution in [0.5, 0.6) is 0 Å². The van der Waals surface area contributed by atoms with Gasteiger partial charge in [0.2, 0.25) is 11.7 Å². The van der Waals surface area contributed by atoms with Gasteiger partial charge in [-0.2, -0.15) is 57.1 Å². The number of hydrogen-bond donors (Lipinski definition) is 0. The van der Waals surface area contributed by atoms with Crippen LogP contribution in [0.4, 0.5) is 70.2 Å². The first kappa shape index (κ1) is 23.6. The Morgan fingerprint density at radius 2 is 0.800 bits per heavy atom. The van der Waals surface area contributed by atoms with Crippen LogP contribution in [0.2, 0.25) is 0 Å². The Balaban J connectivity index is 6.43. The van der Waals surface area contributed by atoms with E-state index in [1.54, 1.807) is 0 Å². The lowest BCUT2D eigenvalue weighted by atomic mass is 10.0. The maximum absolute atomic E-state index is 12.8. The Morgan fingerprint density at radius 3 is 1.04 bits per heavy atom. The molecular formula is C9H2F16. The first-order chi connectivity index (χ1) is 10.6. The van der Waals surface area contributed by atoms with Gasteiger partial charge in [-0.25, -0.2) is 13.2 Å². The predicted molar refractivity (Wildman–Crippen MR) is 46.0 cm³/mol. The molecule has 0 unspecified atom stereocenters. The molecule has 0 aliphatic carbocycles. The van der Waals surface area contributed by atoms with E-state index in [1.807, 2.05) is 0 Å². The third-order valence-corrected chi connectivity index (χ3v) is 2.52. The fourth-order valence-electron chi connectivity index (χ4n) is 1.04. The molecule has 0 aromatic heterocycles. The zero-order chi connectivity index (χ0) is 20.9. The minimum absolute atomic E-state index is 3.67. The summed E-state index contributed by atoms with van der Waals surface area (Å²) in [4.78, 5) is 0. The van der Waals surface area contributed by atoms with E-state index in [4.69, 9.17) is 0 Å². The van der Waals surface area contributed by atoms with Crippen molar-refractivity contribution in [2.75, 3.05) is 6.67 Å². The Hall–Kier alpha value is -1.38. The van der Waals surface area contributed by atoms with E-state index in [0.717, 1.165) is 0 Å². The number of halogens is 16. The first-order valence-corrected chi connectivity index (χ1v) is 5.21. The summed E-state index contributed by atoms with van der Waals surface area (Å²) in [6.07, 6.45) is -7.38. The van der Waals surface area contributed by atoms with Gasteiger partial charge < -0.3 is 0 Å². The van der Waals surface area contributed by atoms with Gasteiger partial charge >= 0.3 is 35.8 Å². The quantitative estimate of drug-likeness (QED) is 0.479. The maximum atomic E-state index is 12.8. The van der Waals surface area contributed by atoms with E-state index in [0.29, 0.717) is 0 Å². The van der Waals surface area contributed by atoms with Gasteiger partial charge in [-0.05, 0) is 0 Å². The molecule has 150 valence electrons. The van der Waals surface area contributed by atoms with Crippen LogP contribution in [0.1, 0.15) is 0 Å². The third-order valence-electron chi connectivity index (χ3n) is 2.52. The number of alkyl halides is 14. The standard InChI is InChI=1S/C9H2F16/c10-1-4(13,14)7(19,20)5(15,16)2(11)3(12)6(17,18)8(21,22)9(23,24)25/h1H2. The number of allylic oxidation sites excluding steroid dienone is 2. The lowest BCUT2D eigenvalue weighted by Crippen LogP contribution is -2.57. The monoisotopic (exact) mass is 414 g/mol. The van der Waals surface area contributed by atoms with Gasteiger partial charge in [0.05, 0.1) is 0 Å². The third kappa shape index (κ3) is 3.35. The second kappa shape index (κ2) is 6.10. The van der Waals surface area contributed by atoms with Gasteiger partial charge in [0.1, 0.15) is 0 Å². The van der Waals surface area contributed by atoms with Gasteiger partial charge in [-0.1, -0.05) is 0 Å². The number of hydrogen-bond acceptors (Lipinski definition) is 0. The van der Waals surface area contributed by atoms with Crippen molar-refractivity contribution in [2.24, 2.45) is 0 Å². The molecule has 0 amide bonds. The van der Waals surface area contributed by atoms with Crippen molar-refractivity contribution < 1.29 is 70.2 Å². The Kier molecular flexibility index (Phi) is 5.77. The summed E-state index contributed by atoms with van der Waals surface area (Å²) in [5.74, 6) is -46.5. The highest BCUT2D eigenvalue weighted by Gasteiger charge is 2.79. The molecule has 0 heterocycles. The zero-order valence-electron chi connectivity index (χ0n) is 10.8. The predicted octanol–water partition coefficient (Wildman–Crippen LogP) is 5.85. The molecule has 0 spiro atoms. The van der Waals surface area contributed by atoms with E-state index >= 15 is 0 Å². The van der Waals surface area contributed by atoms with E-state index < -0.39 is 54.1 Å². The Bertz CT molecular complexity index is 522. The molecule has 0 bridgehead atoms. The minimum Gasteiger partial charge on any atom is -0.244 e. The molecule has 0 atom stereocenters. The highest BCUT2D eigenvalue weighted by molar-refractivity contribution is 5.24. The van der Waals surface area contributed by atoms with Crippen LogP contribution < -0.4 is 0 Å². The molecule has 0 aromatic carbocycles. The van der Waals surface area contributed by atoms with Crippen LogP contribution in [-0.4, -0.2) is 42.5 Å². The Morgan fingerprint density at radius 1 is 0.520 bits per heavy atom. The topological polar surface area (TPSA) is 0 Å². The molecule has 0 radical (unpaired) electrons. The molecule has 0 N–H and O–H groups in total. The molecule has 0 aliphatic rings. The van der Waals surface area contributed by atoms with E-state index in [-0.39, 0.29) is 0 Å². The fraction of sp³-hybridized carbons (Fsp3) is 0.778. The second-order valence-electron chi connectivity index (χ2n) is 4.26. The molecule has 0 fully saturated rings. The van der Waals surface area contributed by atoms with Gasteiger partial charge in [-0.15, -0.1) is 0 Å². The average Bonchev–Trinajstić information content (AvgIpc) is 2.43. The smallest absolute Gasteiger partial charge is 0.244 e. The van der Waals surface area contributed by atoms with Gasteiger partial charge in [0, 0.05) is 0 Å².